The zero-order valence-electron chi connectivity index (χ0n) is 9.47. The monoisotopic (exact) mass is 245 g/mol. The maximum Gasteiger partial charge on any atom is 0.185 e. The standard InChI is InChI=1S/C11H19NO3S/c1-4-13-10(11-14-5-6-15-11)9(1)12-2-7-16-8-3-12/h9-11H,1-8H2. The second kappa shape index (κ2) is 5.23. The van der Waals surface area contributed by atoms with Crippen molar-refractivity contribution < 1.29 is 14.2 Å². The summed E-state index contributed by atoms with van der Waals surface area (Å²) in [6, 6.07) is 0.504. The van der Waals surface area contributed by atoms with Crippen LogP contribution < -0.4 is 0 Å². The molecule has 0 aromatic rings. The molecule has 3 saturated heterocycles. The van der Waals surface area contributed by atoms with Crippen LogP contribution in [0.5, 0.6) is 0 Å². The van der Waals surface area contributed by atoms with Crippen molar-refractivity contribution in [3.8, 4) is 0 Å². The first-order chi connectivity index (χ1) is 7.95. The summed E-state index contributed by atoms with van der Waals surface area (Å²) in [6.45, 7) is 4.65. The van der Waals surface area contributed by atoms with Gasteiger partial charge in [-0.25, -0.2) is 0 Å². The summed E-state index contributed by atoms with van der Waals surface area (Å²) in [5, 5.41) is 0. The lowest BCUT2D eigenvalue weighted by molar-refractivity contribution is -0.140. The molecule has 2 atom stereocenters. The predicted molar refractivity (Wildman–Crippen MR) is 62.7 cm³/mol. The van der Waals surface area contributed by atoms with E-state index in [0.717, 1.165) is 13.0 Å². The summed E-state index contributed by atoms with van der Waals surface area (Å²) >= 11 is 2.05. The molecule has 0 spiro atoms. The highest BCUT2D eigenvalue weighted by atomic mass is 32.2. The zero-order valence-corrected chi connectivity index (χ0v) is 10.3. The molecule has 5 heteroatoms. The van der Waals surface area contributed by atoms with Gasteiger partial charge in [0, 0.05) is 37.2 Å². The Labute approximate surface area is 101 Å². The Morgan fingerprint density at radius 2 is 1.69 bits per heavy atom. The van der Waals surface area contributed by atoms with Crippen LogP contribution in [0.3, 0.4) is 0 Å². The minimum absolute atomic E-state index is 0.123. The van der Waals surface area contributed by atoms with Gasteiger partial charge in [-0.15, -0.1) is 0 Å². The van der Waals surface area contributed by atoms with Crippen molar-refractivity contribution in [2.45, 2.75) is 24.9 Å². The van der Waals surface area contributed by atoms with E-state index in [0.29, 0.717) is 19.3 Å². The number of thioether (sulfide) groups is 1. The average molecular weight is 245 g/mol. The van der Waals surface area contributed by atoms with Crippen LogP contribution in [-0.4, -0.2) is 67.8 Å². The number of rotatable bonds is 2. The van der Waals surface area contributed by atoms with Crippen molar-refractivity contribution >= 4 is 11.8 Å². The van der Waals surface area contributed by atoms with E-state index in [2.05, 4.69) is 4.90 Å². The number of nitrogens with zero attached hydrogens (tertiary/aromatic N) is 1. The highest BCUT2D eigenvalue weighted by Gasteiger charge is 2.41. The van der Waals surface area contributed by atoms with Crippen LogP contribution in [0.1, 0.15) is 6.42 Å². The third kappa shape index (κ3) is 2.24. The lowest BCUT2D eigenvalue weighted by Crippen LogP contribution is -2.49. The Morgan fingerprint density at radius 3 is 2.44 bits per heavy atom. The SMILES string of the molecule is C1COC(C2OCCC2N2CCSCC2)O1. The smallest absolute Gasteiger partial charge is 0.185 e. The van der Waals surface area contributed by atoms with Gasteiger partial charge in [0.2, 0.25) is 0 Å². The molecule has 0 radical (unpaired) electrons. The summed E-state index contributed by atoms with van der Waals surface area (Å²) in [7, 11) is 0. The second-order valence-electron chi connectivity index (χ2n) is 4.45. The van der Waals surface area contributed by atoms with Crippen molar-refractivity contribution in [2.75, 3.05) is 44.4 Å². The van der Waals surface area contributed by atoms with Crippen LogP contribution in [0.4, 0.5) is 0 Å². The van der Waals surface area contributed by atoms with Gasteiger partial charge in [0.25, 0.3) is 0 Å². The van der Waals surface area contributed by atoms with Crippen molar-refractivity contribution in [3.05, 3.63) is 0 Å². The number of ether oxygens (including phenoxy) is 3. The van der Waals surface area contributed by atoms with Crippen molar-refractivity contribution in [1.82, 2.24) is 4.90 Å². The highest BCUT2D eigenvalue weighted by Crippen LogP contribution is 2.28. The van der Waals surface area contributed by atoms with Gasteiger partial charge in [-0.2, -0.15) is 11.8 Å². The molecular formula is C11H19NO3S. The molecule has 3 aliphatic rings. The number of hydrogen-bond acceptors (Lipinski definition) is 5. The molecule has 0 bridgehead atoms. The maximum atomic E-state index is 5.80. The van der Waals surface area contributed by atoms with Crippen LogP contribution in [-0.2, 0) is 14.2 Å². The summed E-state index contributed by atoms with van der Waals surface area (Å²) in [4.78, 5) is 2.55. The Morgan fingerprint density at radius 1 is 0.938 bits per heavy atom. The Hall–Kier alpha value is 0.190. The van der Waals surface area contributed by atoms with Gasteiger partial charge in [-0.3, -0.25) is 4.90 Å². The first-order valence-corrected chi connectivity index (χ1v) is 7.27. The van der Waals surface area contributed by atoms with Crippen LogP contribution >= 0.6 is 11.8 Å². The Balaban J connectivity index is 1.63. The lowest BCUT2D eigenvalue weighted by Gasteiger charge is -2.35. The quantitative estimate of drug-likeness (QED) is 0.710. The molecule has 3 aliphatic heterocycles. The van der Waals surface area contributed by atoms with Crippen molar-refractivity contribution in [1.29, 1.82) is 0 Å². The van der Waals surface area contributed by atoms with E-state index in [1.807, 2.05) is 11.8 Å². The summed E-state index contributed by atoms with van der Waals surface area (Å²) < 4.78 is 17.0. The molecule has 4 nitrogen and oxygen atoms in total. The summed E-state index contributed by atoms with van der Waals surface area (Å²) in [5.41, 5.74) is 0. The van der Waals surface area contributed by atoms with Crippen LogP contribution in [0.25, 0.3) is 0 Å². The van der Waals surface area contributed by atoms with Gasteiger partial charge < -0.3 is 14.2 Å². The largest absolute Gasteiger partial charge is 0.371 e. The molecule has 2 unspecified atom stereocenters. The van der Waals surface area contributed by atoms with E-state index in [-0.39, 0.29) is 12.4 Å². The van der Waals surface area contributed by atoms with E-state index in [4.69, 9.17) is 14.2 Å². The fourth-order valence-corrected chi connectivity index (χ4v) is 3.66. The zero-order chi connectivity index (χ0) is 10.8. The van der Waals surface area contributed by atoms with Gasteiger partial charge in [0.15, 0.2) is 6.29 Å². The minimum Gasteiger partial charge on any atom is -0.371 e. The molecule has 0 N–H and O–H groups in total. The molecule has 0 amide bonds. The van der Waals surface area contributed by atoms with Gasteiger partial charge in [-0.1, -0.05) is 0 Å². The van der Waals surface area contributed by atoms with Crippen LogP contribution in [0.2, 0.25) is 0 Å². The molecular weight excluding hydrogens is 226 g/mol. The molecule has 3 heterocycles. The first-order valence-electron chi connectivity index (χ1n) is 6.12. The molecule has 16 heavy (non-hydrogen) atoms. The maximum absolute atomic E-state index is 5.80. The van der Waals surface area contributed by atoms with Crippen molar-refractivity contribution in [3.63, 3.8) is 0 Å². The van der Waals surface area contributed by atoms with E-state index < -0.39 is 0 Å². The Bertz CT molecular complexity index is 229. The molecule has 0 aromatic carbocycles. The van der Waals surface area contributed by atoms with E-state index in [1.165, 1.54) is 24.6 Å². The van der Waals surface area contributed by atoms with E-state index in [9.17, 15) is 0 Å². The minimum atomic E-state index is -0.123. The van der Waals surface area contributed by atoms with E-state index in [1.54, 1.807) is 0 Å². The van der Waals surface area contributed by atoms with Gasteiger partial charge >= 0.3 is 0 Å². The Kier molecular flexibility index (Phi) is 3.69. The first kappa shape index (κ1) is 11.3. The molecule has 3 rings (SSSR count). The van der Waals surface area contributed by atoms with Crippen LogP contribution in [0.15, 0.2) is 0 Å². The third-order valence-corrected chi connectivity index (χ3v) is 4.48. The van der Waals surface area contributed by atoms with Gasteiger partial charge in [0.05, 0.1) is 13.2 Å². The van der Waals surface area contributed by atoms with E-state index >= 15 is 0 Å². The third-order valence-electron chi connectivity index (χ3n) is 3.53. The van der Waals surface area contributed by atoms with Gasteiger partial charge in [0.1, 0.15) is 6.10 Å². The molecule has 3 fully saturated rings. The lowest BCUT2D eigenvalue weighted by atomic mass is 10.1. The second-order valence-corrected chi connectivity index (χ2v) is 5.67. The molecule has 92 valence electrons. The number of hydrogen-bond donors (Lipinski definition) is 0. The normalized spacial score (nSPS) is 38.2. The molecule has 0 aliphatic carbocycles. The van der Waals surface area contributed by atoms with Gasteiger partial charge in [-0.05, 0) is 6.42 Å². The fourth-order valence-electron chi connectivity index (χ4n) is 2.73. The topological polar surface area (TPSA) is 30.9 Å². The van der Waals surface area contributed by atoms with Crippen LogP contribution in [0, 0.1) is 0 Å². The summed E-state index contributed by atoms with van der Waals surface area (Å²) in [5.74, 6) is 2.49. The summed E-state index contributed by atoms with van der Waals surface area (Å²) in [6.07, 6.45) is 1.13. The van der Waals surface area contributed by atoms with Crippen molar-refractivity contribution in [2.24, 2.45) is 0 Å². The fraction of sp³-hybridized carbons (Fsp3) is 1.00. The molecule has 0 aromatic heterocycles. The predicted octanol–water partition coefficient (Wildman–Crippen LogP) is 0.566. The average Bonchev–Trinajstić information content (AvgIpc) is 3.01. The molecule has 0 saturated carbocycles. The highest BCUT2D eigenvalue weighted by molar-refractivity contribution is 7.99.